The molecule has 2 amide bonds. The normalized spacial score (nSPS) is 18.6. The molecule has 2 rings (SSSR count). The molecule has 1 aromatic carbocycles. The molecule has 1 heterocycles. The molecular formula is C11H11ClN2O3. The van der Waals surface area contributed by atoms with E-state index >= 15 is 0 Å². The van der Waals surface area contributed by atoms with Gasteiger partial charge in [-0.25, -0.2) is 4.79 Å². The third-order valence-corrected chi connectivity index (χ3v) is 2.52. The van der Waals surface area contributed by atoms with Crippen molar-refractivity contribution in [3.63, 3.8) is 0 Å². The molecule has 1 aromatic rings. The highest BCUT2D eigenvalue weighted by Crippen LogP contribution is 2.15. The molecule has 6 heteroatoms. The van der Waals surface area contributed by atoms with Gasteiger partial charge in [-0.15, -0.1) is 0 Å². The van der Waals surface area contributed by atoms with Crippen LogP contribution in [0.15, 0.2) is 24.3 Å². The molecule has 2 N–H and O–H groups in total. The number of anilines is 1. The number of hydrogen-bond donors (Lipinski definition) is 2. The van der Waals surface area contributed by atoms with E-state index in [0.29, 0.717) is 17.3 Å². The Labute approximate surface area is 103 Å². The van der Waals surface area contributed by atoms with Gasteiger partial charge in [0.1, 0.15) is 6.10 Å². The van der Waals surface area contributed by atoms with Crippen LogP contribution in [0.1, 0.15) is 6.42 Å². The second-order valence-electron chi connectivity index (χ2n) is 3.67. The molecule has 1 aliphatic heterocycles. The van der Waals surface area contributed by atoms with Crippen LogP contribution in [0.5, 0.6) is 0 Å². The lowest BCUT2D eigenvalue weighted by molar-refractivity contribution is -0.119. The quantitative estimate of drug-likeness (QED) is 0.845. The molecule has 1 aliphatic rings. The van der Waals surface area contributed by atoms with Gasteiger partial charge in [-0.2, -0.15) is 0 Å². The van der Waals surface area contributed by atoms with Crippen LogP contribution in [0.4, 0.5) is 10.5 Å². The zero-order valence-electron chi connectivity index (χ0n) is 8.90. The van der Waals surface area contributed by atoms with Crippen LogP contribution in [0.3, 0.4) is 0 Å². The van der Waals surface area contributed by atoms with Crippen LogP contribution in [0.2, 0.25) is 5.02 Å². The summed E-state index contributed by atoms with van der Waals surface area (Å²) in [4.78, 5) is 22.4. The lowest BCUT2D eigenvalue weighted by atomic mass is 10.3. The molecule has 0 spiro atoms. The molecule has 1 fully saturated rings. The number of benzene rings is 1. The molecule has 1 atom stereocenters. The van der Waals surface area contributed by atoms with Gasteiger partial charge in [0.15, 0.2) is 0 Å². The molecule has 1 unspecified atom stereocenters. The minimum atomic E-state index is -0.589. The predicted molar refractivity (Wildman–Crippen MR) is 63.0 cm³/mol. The van der Waals surface area contributed by atoms with Crippen molar-refractivity contribution in [1.82, 2.24) is 5.32 Å². The lowest BCUT2D eigenvalue weighted by Crippen LogP contribution is -2.24. The van der Waals surface area contributed by atoms with Gasteiger partial charge in [0.05, 0.1) is 13.0 Å². The Kier molecular flexibility index (Phi) is 3.49. The van der Waals surface area contributed by atoms with E-state index in [2.05, 4.69) is 10.6 Å². The number of amides is 2. The number of rotatable bonds is 2. The van der Waals surface area contributed by atoms with Crippen molar-refractivity contribution < 1.29 is 14.3 Å². The predicted octanol–water partition coefficient (Wildman–Crippen LogP) is 1.78. The Hall–Kier alpha value is -1.75. The Morgan fingerprint density at radius 1 is 1.53 bits per heavy atom. The van der Waals surface area contributed by atoms with Gasteiger partial charge in [-0.3, -0.25) is 10.1 Å². The van der Waals surface area contributed by atoms with Gasteiger partial charge >= 0.3 is 6.09 Å². The van der Waals surface area contributed by atoms with E-state index in [1.807, 2.05) is 0 Å². The van der Waals surface area contributed by atoms with Crippen molar-refractivity contribution in [2.75, 3.05) is 11.9 Å². The average molecular weight is 255 g/mol. The summed E-state index contributed by atoms with van der Waals surface area (Å²) in [6.07, 6.45) is -0.779. The Morgan fingerprint density at radius 3 is 3.00 bits per heavy atom. The molecular weight excluding hydrogens is 244 g/mol. The van der Waals surface area contributed by atoms with Crippen LogP contribution in [-0.2, 0) is 9.53 Å². The summed E-state index contributed by atoms with van der Waals surface area (Å²) in [6, 6.07) is 6.74. The van der Waals surface area contributed by atoms with E-state index in [9.17, 15) is 9.59 Å². The fraction of sp³-hybridized carbons (Fsp3) is 0.273. The molecule has 1 saturated heterocycles. The third-order valence-electron chi connectivity index (χ3n) is 2.28. The Morgan fingerprint density at radius 2 is 2.35 bits per heavy atom. The van der Waals surface area contributed by atoms with E-state index in [0.717, 1.165) is 0 Å². The van der Waals surface area contributed by atoms with Crippen LogP contribution in [-0.4, -0.2) is 24.6 Å². The largest absolute Gasteiger partial charge is 0.444 e. The van der Waals surface area contributed by atoms with E-state index in [1.165, 1.54) is 0 Å². The van der Waals surface area contributed by atoms with Gasteiger partial charge < -0.3 is 10.1 Å². The fourth-order valence-corrected chi connectivity index (χ4v) is 1.72. The number of halogens is 1. The van der Waals surface area contributed by atoms with Gasteiger partial charge in [0, 0.05) is 10.7 Å². The standard InChI is InChI=1S/C11H11ClN2O3/c12-7-2-1-3-8(4-7)14-11(16)17-9-5-10(15)13-6-9/h1-4,9H,5-6H2,(H,13,15)(H,14,16). The first-order valence-electron chi connectivity index (χ1n) is 5.13. The summed E-state index contributed by atoms with van der Waals surface area (Å²) >= 11 is 5.77. The minimum absolute atomic E-state index is 0.106. The average Bonchev–Trinajstić information content (AvgIpc) is 2.63. The van der Waals surface area contributed by atoms with Crippen molar-refractivity contribution in [2.45, 2.75) is 12.5 Å². The van der Waals surface area contributed by atoms with Gasteiger partial charge in [-0.1, -0.05) is 17.7 Å². The molecule has 17 heavy (non-hydrogen) atoms. The molecule has 0 saturated carbocycles. The van der Waals surface area contributed by atoms with Crippen molar-refractivity contribution in [3.05, 3.63) is 29.3 Å². The summed E-state index contributed by atoms with van der Waals surface area (Å²) in [7, 11) is 0. The van der Waals surface area contributed by atoms with Crippen LogP contribution in [0.25, 0.3) is 0 Å². The minimum Gasteiger partial charge on any atom is -0.444 e. The van der Waals surface area contributed by atoms with E-state index in [4.69, 9.17) is 16.3 Å². The van der Waals surface area contributed by atoms with Crippen LogP contribution < -0.4 is 10.6 Å². The molecule has 90 valence electrons. The fourth-order valence-electron chi connectivity index (χ4n) is 1.53. The van der Waals surface area contributed by atoms with Crippen molar-refractivity contribution >= 4 is 29.3 Å². The number of hydrogen-bond acceptors (Lipinski definition) is 3. The molecule has 0 aromatic heterocycles. The van der Waals surface area contributed by atoms with Crippen molar-refractivity contribution in [1.29, 1.82) is 0 Å². The van der Waals surface area contributed by atoms with Gasteiger partial charge in [-0.05, 0) is 18.2 Å². The van der Waals surface area contributed by atoms with Crippen molar-refractivity contribution in [2.24, 2.45) is 0 Å². The number of ether oxygens (including phenoxy) is 1. The zero-order chi connectivity index (χ0) is 12.3. The lowest BCUT2D eigenvalue weighted by Gasteiger charge is -2.11. The van der Waals surface area contributed by atoms with Crippen LogP contribution in [0, 0.1) is 0 Å². The van der Waals surface area contributed by atoms with E-state index < -0.39 is 12.2 Å². The Bertz CT molecular complexity index is 450. The van der Waals surface area contributed by atoms with Crippen molar-refractivity contribution in [3.8, 4) is 0 Å². The summed E-state index contributed by atoms with van der Waals surface area (Å²) in [5.74, 6) is -0.106. The molecule has 0 bridgehead atoms. The first-order valence-corrected chi connectivity index (χ1v) is 5.51. The number of carbonyl (C=O) groups excluding carboxylic acids is 2. The summed E-state index contributed by atoms with van der Waals surface area (Å²) < 4.78 is 5.05. The van der Waals surface area contributed by atoms with Gasteiger partial charge in [0.25, 0.3) is 0 Å². The topological polar surface area (TPSA) is 67.4 Å². The zero-order valence-corrected chi connectivity index (χ0v) is 9.66. The molecule has 5 nitrogen and oxygen atoms in total. The SMILES string of the molecule is O=C1CC(OC(=O)Nc2cccc(Cl)c2)CN1. The van der Waals surface area contributed by atoms with E-state index in [1.54, 1.807) is 24.3 Å². The summed E-state index contributed by atoms with van der Waals surface area (Å²) in [5.41, 5.74) is 0.555. The molecule has 0 aliphatic carbocycles. The van der Waals surface area contributed by atoms with E-state index in [-0.39, 0.29) is 12.3 Å². The highest BCUT2D eigenvalue weighted by Gasteiger charge is 2.24. The molecule has 0 radical (unpaired) electrons. The monoisotopic (exact) mass is 254 g/mol. The Balaban J connectivity index is 1.87. The maximum Gasteiger partial charge on any atom is 0.411 e. The summed E-state index contributed by atoms with van der Waals surface area (Å²) in [6.45, 7) is 0.363. The number of nitrogens with one attached hydrogen (secondary N) is 2. The van der Waals surface area contributed by atoms with Gasteiger partial charge in [0.2, 0.25) is 5.91 Å². The third kappa shape index (κ3) is 3.35. The maximum absolute atomic E-state index is 11.5. The second-order valence-corrected chi connectivity index (χ2v) is 4.11. The second kappa shape index (κ2) is 5.05. The highest BCUT2D eigenvalue weighted by atomic mass is 35.5. The number of carbonyl (C=O) groups is 2. The summed E-state index contributed by atoms with van der Waals surface area (Å²) in [5, 5.41) is 5.65. The smallest absolute Gasteiger partial charge is 0.411 e. The van der Waals surface area contributed by atoms with Crippen LogP contribution >= 0.6 is 11.6 Å². The first-order chi connectivity index (χ1) is 8.13. The first kappa shape index (κ1) is 11.7. The highest BCUT2D eigenvalue weighted by molar-refractivity contribution is 6.30. The maximum atomic E-state index is 11.5.